The molecule has 29 heavy (non-hydrogen) atoms. The number of thiophene rings is 1. The number of likely N-dealkylation sites (tertiary alicyclic amines) is 1. The molecule has 1 atom stereocenters. The predicted molar refractivity (Wildman–Crippen MR) is 116 cm³/mol. The smallest absolute Gasteiger partial charge is 0.282 e. The number of carbonyl (C=O) groups excluding carboxylic acids is 2. The van der Waals surface area contributed by atoms with E-state index in [2.05, 4.69) is 13.8 Å². The Kier molecular flexibility index (Phi) is 5.56. The molecule has 152 valence electrons. The maximum atomic E-state index is 13.5. The molecule has 2 aromatic rings. The van der Waals surface area contributed by atoms with E-state index in [1.807, 2.05) is 46.7 Å². The molecule has 1 aromatic heterocycles. The van der Waals surface area contributed by atoms with Crippen LogP contribution in [0.5, 0.6) is 0 Å². The summed E-state index contributed by atoms with van der Waals surface area (Å²) in [6, 6.07) is 11.5. The summed E-state index contributed by atoms with van der Waals surface area (Å²) in [6.45, 7) is 5.65. The van der Waals surface area contributed by atoms with Crippen LogP contribution in [0.1, 0.15) is 43.0 Å². The Labute approximate surface area is 175 Å². The van der Waals surface area contributed by atoms with Gasteiger partial charge in [0.2, 0.25) is 0 Å². The summed E-state index contributed by atoms with van der Waals surface area (Å²) in [4.78, 5) is 31.0. The van der Waals surface area contributed by atoms with Crippen LogP contribution in [0.2, 0.25) is 0 Å². The number of benzene rings is 1. The van der Waals surface area contributed by atoms with Crippen LogP contribution in [0.15, 0.2) is 47.5 Å². The Morgan fingerprint density at radius 3 is 2.52 bits per heavy atom. The van der Waals surface area contributed by atoms with E-state index in [1.54, 1.807) is 0 Å². The van der Waals surface area contributed by atoms with E-state index in [-0.39, 0.29) is 24.3 Å². The maximum absolute atomic E-state index is 13.5. The topological polar surface area (TPSA) is 60.9 Å². The zero-order valence-corrected chi connectivity index (χ0v) is 17.6. The van der Waals surface area contributed by atoms with Crippen molar-refractivity contribution < 1.29 is 14.7 Å². The molecule has 1 fully saturated rings. The van der Waals surface area contributed by atoms with Gasteiger partial charge in [-0.05, 0) is 53.8 Å². The van der Waals surface area contributed by atoms with Crippen LogP contribution < -0.4 is 4.90 Å². The number of amides is 2. The summed E-state index contributed by atoms with van der Waals surface area (Å²) >= 11 is 1.47. The van der Waals surface area contributed by atoms with Crippen LogP contribution in [0.25, 0.3) is 5.57 Å². The predicted octanol–water partition coefficient (Wildman–Crippen LogP) is 3.86. The molecule has 2 aliphatic rings. The van der Waals surface area contributed by atoms with Gasteiger partial charge < -0.3 is 10.0 Å². The number of hydrogen-bond acceptors (Lipinski definition) is 5. The summed E-state index contributed by atoms with van der Waals surface area (Å²) in [5.74, 6) is -0.0265. The van der Waals surface area contributed by atoms with Gasteiger partial charge in [-0.3, -0.25) is 9.59 Å². The number of imide groups is 1. The van der Waals surface area contributed by atoms with Crippen LogP contribution in [0.4, 0.5) is 5.69 Å². The fraction of sp³-hybridized carbons (Fsp3) is 0.391. The lowest BCUT2D eigenvalue weighted by Gasteiger charge is -2.34. The normalized spacial score (nSPS) is 20.3. The first-order chi connectivity index (χ1) is 14.0. The number of hydrogen-bond donors (Lipinski definition) is 1. The highest BCUT2D eigenvalue weighted by molar-refractivity contribution is 7.11. The summed E-state index contributed by atoms with van der Waals surface area (Å²) in [5.41, 5.74) is 2.73. The zero-order chi connectivity index (χ0) is 20.5. The van der Waals surface area contributed by atoms with E-state index in [0.29, 0.717) is 29.4 Å². The van der Waals surface area contributed by atoms with Gasteiger partial charge in [0, 0.05) is 24.6 Å². The van der Waals surface area contributed by atoms with Crippen molar-refractivity contribution in [2.75, 3.05) is 24.6 Å². The van der Waals surface area contributed by atoms with Gasteiger partial charge in [-0.25, -0.2) is 4.90 Å². The minimum absolute atomic E-state index is 0.0978. The zero-order valence-electron chi connectivity index (χ0n) is 16.8. The molecule has 4 rings (SSSR count). The first-order valence-corrected chi connectivity index (χ1v) is 11.0. The minimum Gasteiger partial charge on any atom is -0.396 e. The third kappa shape index (κ3) is 3.63. The Bertz CT molecular complexity index is 932. The van der Waals surface area contributed by atoms with Crippen molar-refractivity contribution in [3.05, 3.63) is 57.9 Å². The summed E-state index contributed by atoms with van der Waals surface area (Å²) in [5, 5.41) is 11.5. The highest BCUT2D eigenvalue weighted by Gasteiger charge is 2.43. The molecule has 1 unspecified atom stereocenters. The molecular weight excluding hydrogens is 384 g/mol. The fourth-order valence-electron chi connectivity index (χ4n) is 4.11. The van der Waals surface area contributed by atoms with E-state index < -0.39 is 0 Å². The lowest BCUT2D eigenvalue weighted by Crippen LogP contribution is -2.40. The van der Waals surface area contributed by atoms with Crippen LogP contribution in [-0.2, 0) is 9.59 Å². The van der Waals surface area contributed by atoms with Crippen molar-refractivity contribution in [3.63, 3.8) is 0 Å². The van der Waals surface area contributed by atoms with E-state index in [4.69, 9.17) is 0 Å². The molecule has 0 bridgehead atoms. The first-order valence-electron chi connectivity index (χ1n) is 10.1. The van der Waals surface area contributed by atoms with Crippen LogP contribution in [0.3, 0.4) is 0 Å². The molecular formula is C23H26N2O3S. The Hall–Kier alpha value is -2.44. The summed E-state index contributed by atoms with van der Waals surface area (Å²) in [6.07, 6.45) is 1.84. The van der Waals surface area contributed by atoms with Gasteiger partial charge in [0.1, 0.15) is 5.70 Å². The third-order valence-electron chi connectivity index (χ3n) is 5.74. The van der Waals surface area contributed by atoms with Crippen molar-refractivity contribution in [3.8, 4) is 0 Å². The fourth-order valence-corrected chi connectivity index (χ4v) is 4.88. The monoisotopic (exact) mass is 410 g/mol. The summed E-state index contributed by atoms with van der Waals surface area (Å²) < 4.78 is 0. The molecule has 0 aliphatic carbocycles. The van der Waals surface area contributed by atoms with E-state index in [9.17, 15) is 14.7 Å². The van der Waals surface area contributed by atoms with Gasteiger partial charge in [-0.15, -0.1) is 11.3 Å². The number of aliphatic hydroxyl groups is 1. The van der Waals surface area contributed by atoms with Gasteiger partial charge in [0.15, 0.2) is 0 Å². The minimum atomic E-state index is -0.269. The van der Waals surface area contributed by atoms with Crippen molar-refractivity contribution in [2.24, 2.45) is 5.92 Å². The molecule has 1 aromatic carbocycles. The number of anilines is 1. The molecule has 3 heterocycles. The Morgan fingerprint density at radius 2 is 1.90 bits per heavy atom. The van der Waals surface area contributed by atoms with E-state index >= 15 is 0 Å². The SMILES string of the molecule is CC(C)c1ccc(N2C(=O)C(c3cccs3)=C(N3CCCC(CO)C3)C2=O)cc1. The standard InChI is InChI=1S/C23H26N2O3S/c1-15(2)17-7-9-18(10-8-17)25-22(27)20(19-6-4-12-29-19)21(23(25)28)24-11-3-5-16(13-24)14-26/h4,6-10,12,15-16,26H,3,5,11,13-14H2,1-2H3. The number of rotatable bonds is 5. The lowest BCUT2D eigenvalue weighted by atomic mass is 9.98. The van der Waals surface area contributed by atoms with Crippen molar-refractivity contribution in [1.29, 1.82) is 0 Å². The average Bonchev–Trinajstić information content (AvgIpc) is 3.34. The second-order valence-corrected chi connectivity index (χ2v) is 8.98. The first kappa shape index (κ1) is 19.9. The largest absolute Gasteiger partial charge is 0.396 e. The van der Waals surface area contributed by atoms with Crippen molar-refractivity contribution in [1.82, 2.24) is 4.90 Å². The molecule has 6 heteroatoms. The maximum Gasteiger partial charge on any atom is 0.282 e. The van der Waals surface area contributed by atoms with Gasteiger partial charge in [0.05, 0.1) is 11.3 Å². The van der Waals surface area contributed by atoms with Gasteiger partial charge >= 0.3 is 0 Å². The molecule has 0 saturated carbocycles. The molecule has 2 aliphatic heterocycles. The third-order valence-corrected chi connectivity index (χ3v) is 6.63. The lowest BCUT2D eigenvalue weighted by molar-refractivity contribution is -0.120. The summed E-state index contributed by atoms with van der Waals surface area (Å²) in [7, 11) is 0. The van der Waals surface area contributed by atoms with E-state index in [1.165, 1.54) is 21.8 Å². The van der Waals surface area contributed by atoms with Gasteiger partial charge in [0.25, 0.3) is 11.8 Å². The number of carbonyl (C=O) groups is 2. The molecule has 2 amide bonds. The molecule has 1 saturated heterocycles. The highest BCUT2D eigenvalue weighted by Crippen LogP contribution is 2.38. The number of aliphatic hydroxyl groups excluding tert-OH is 1. The van der Waals surface area contributed by atoms with Crippen LogP contribution >= 0.6 is 11.3 Å². The highest BCUT2D eigenvalue weighted by atomic mass is 32.1. The quantitative estimate of drug-likeness (QED) is 0.761. The van der Waals surface area contributed by atoms with Crippen molar-refractivity contribution in [2.45, 2.75) is 32.6 Å². The van der Waals surface area contributed by atoms with Crippen LogP contribution in [-0.4, -0.2) is 41.5 Å². The molecule has 1 N–H and O–H groups in total. The molecule has 0 radical (unpaired) electrons. The molecule has 5 nitrogen and oxygen atoms in total. The number of nitrogens with zero attached hydrogens (tertiary/aromatic N) is 2. The van der Waals surface area contributed by atoms with Crippen molar-refractivity contribution >= 4 is 34.4 Å². The Morgan fingerprint density at radius 1 is 1.14 bits per heavy atom. The second kappa shape index (κ2) is 8.13. The molecule has 0 spiro atoms. The van der Waals surface area contributed by atoms with E-state index in [0.717, 1.165) is 24.3 Å². The van der Waals surface area contributed by atoms with Gasteiger partial charge in [-0.1, -0.05) is 32.0 Å². The number of piperidine rings is 1. The Balaban J connectivity index is 1.74. The van der Waals surface area contributed by atoms with Crippen LogP contribution in [0, 0.1) is 5.92 Å². The van der Waals surface area contributed by atoms with Gasteiger partial charge in [-0.2, -0.15) is 0 Å². The average molecular weight is 411 g/mol. The second-order valence-electron chi connectivity index (χ2n) is 8.03.